The van der Waals surface area contributed by atoms with E-state index >= 15 is 0 Å². The highest BCUT2D eigenvalue weighted by Gasteiger charge is 2.29. The Bertz CT molecular complexity index is 687. The van der Waals surface area contributed by atoms with Crippen molar-refractivity contribution in [2.45, 2.75) is 38.6 Å². The number of methoxy groups -OCH3 is 1. The lowest BCUT2D eigenvalue weighted by Gasteiger charge is -2.33. The summed E-state index contributed by atoms with van der Waals surface area (Å²) in [6, 6.07) is 4.26. The van der Waals surface area contributed by atoms with Crippen LogP contribution in [0.4, 0.5) is 4.79 Å². The molecule has 26 heavy (non-hydrogen) atoms. The summed E-state index contributed by atoms with van der Waals surface area (Å²) >= 11 is 0. The largest absolute Gasteiger partial charge is 0.496 e. The molecule has 2 aliphatic rings. The normalized spacial score (nSPS) is 19.0. The van der Waals surface area contributed by atoms with Gasteiger partial charge in [0.1, 0.15) is 5.75 Å². The molecule has 1 aromatic carbocycles. The number of aryl methyl sites for hydroxylation is 2. The van der Waals surface area contributed by atoms with E-state index in [1.807, 2.05) is 0 Å². The maximum Gasteiger partial charge on any atom is 0.319 e. The van der Waals surface area contributed by atoms with Crippen molar-refractivity contribution in [1.29, 1.82) is 0 Å². The van der Waals surface area contributed by atoms with Gasteiger partial charge in [0.2, 0.25) is 5.91 Å². The van der Waals surface area contributed by atoms with Crippen molar-refractivity contribution in [2.24, 2.45) is 5.92 Å². The maximum absolute atomic E-state index is 12.6. The fourth-order valence-corrected chi connectivity index (χ4v) is 3.96. The molecular formula is C20H29N3O3. The van der Waals surface area contributed by atoms with Gasteiger partial charge in [-0.15, -0.1) is 0 Å². The van der Waals surface area contributed by atoms with Gasteiger partial charge in [-0.05, 0) is 49.3 Å². The summed E-state index contributed by atoms with van der Waals surface area (Å²) in [6.45, 7) is 1.68. The van der Waals surface area contributed by atoms with E-state index in [2.05, 4.69) is 17.4 Å². The topological polar surface area (TPSA) is 61.9 Å². The van der Waals surface area contributed by atoms with Crippen molar-refractivity contribution >= 4 is 11.9 Å². The van der Waals surface area contributed by atoms with Gasteiger partial charge in [-0.3, -0.25) is 4.79 Å². The molecule has 0 saturated carbocycles. The quantitative estimate of drug-likeness (QED) is 0.896. The lowest BCUT2D eigenvalue weighted by molar-refractivity contribution is -0.126. The molecule has 0 aromatic heterocycles. The number of nitrogens with zero attached hydrogens (tertiary/aromatic N) is 2. The van der Waals surface area contributed by atoms with Gasteiger partial charge in [-0.1, -0.05) is 6.07 Å². The molecule has 0 radical (unpaired) electrons. The van der Waals surface area contributed by atoms with Crippen molar-refractivity contribution in [3.8, 4) is 5.75 Å². The fraction of sp³-hybridized carbons (Fsp3) is 0.600. The number of piperidine rings is 1. The highest BCUT2D eigenvalue weighted by atomic mass is 16.5. The number of urea groups is 1. The lowest BCUT2D eigenvalue weighted by atomic mass is 9.97. The molecule has 1 N–H and O–H groups in total. The van der Waals surface area contributed by atoms with Crippen molar-refractivity contribution in [3.05, 3.63) is 28.8 Å². The van der Waals surface area contributed by atoms with Crippen LogP contribution in [0.3, 0.4) is 0 Å². The van der Waals surface area contributed by atoms with E-state index in [0.29, 0.717) is 13.1 Å². The number of carbonyl (C=O) groups is 2. The van der Waals surface area contributed by atoms with E-state index in [-0.39, 0.29) is 17.9 Å². The van der Waals surface area contributed by atoms with Crippen molar-refractivity contribution in [1.82, 2.24) is 15.1 Å². The summed E-state index contributed by atoms with van der Waals surface area (Å²) in [5.41, 5.74) is 3.76. The number of carbonyl (C=O) groups excluding carboxylic acids is 2. The molecule has 1 fully saturated rings. The first-order valence-corrected chi connectivity index (χ1v) is 9.42. The van der Waals surface area contributed by atoms with Crippen LogP contribution in [0.2, 0.25) is 0 Å². The standard InChI is InChI=1S/C20H29N3O3/c1-22(2)20(25)23-9-5-8-16(13-23)19(24)21-12-17-10-14-6-4-7-15(14)11-18(17)26-3/h10-11,16H,4-9,12-13H2,1-3H3,(H,21,24)/t16-/m0/s1. The summed E-state index contributed by atoms with van der Waals surface area (Å²) in [7, 11) is 5.16. The van der Waals surface area contributed by atoms with Crippen LogP contribution in [0.15, 0.2) is 12.1 Å². The number of likely N-dealkylation sites (tertiary alicyclic amines) is 1. The zero-order valence-corrected chi connectivity index (χ0v) is 16.0. The highest BCUT2D eigenvalue weighted by Crippen LogP contribution is 2.30. The monoisotopic (exact) mass is 359 g/mol. The van der Waals surface area contributed by atoms with Crippen LogP contribution in [0.1, 0.15) is 36.0 Å². The number of benzene rings is 1. The Morgan fingerprint density at radius 1 is 1.23 bits per heavy atom. The van der Waals surface area contributed by atoms with Gasteiger partial charge >= 0.3 is 6.03 Å². The van der Waals surface area contributed by atoms with Gasteiger partial charge in [-0.25, -0.2) is 4.79 Å². The second-order valence-corrected chi connectivity index (χ2v) is 7.47. The number of hydrogen-bond donors (Lipinski definition) is 1. The summed E-state index contributed by atoms with van der Waals surface area (Å²) in [6.07, 6.45) is 5.08. The van der Waals surface area contributed by atoms with Gasteiger partial charge in [0, 0.05) is 39.3 Å². The van der Waals surface area contributed by atoms with E-state index < -0.39 is 0 Å². The SMILES string of the molecule is COc1cc2c(cc1CNC(=O)[C@H]1CCCN(C(=O)N(C)C)C1)CCC2. The number of ether oxygens (including phenoxy) is 1. The highest BCUT2D eigenvalue weighted by molar-refractivity contribution is 5.80. The Kier molecular flexibility index (Phi) is 5.69. The molecule has 3 amide bonds. The summed E-state index contributed by atoms with van der Waals surface area (Å²) in [5, 5.41) is 3.05. The first-order chi connectivity index (χ1) is 12.5. The molecule has 142 valence electrons. The zero-order chi connectivity index (χ0) is 18.7. The van der Waals surface area contributed by atoms with Crippen molar-refractivity contribution in [3.63, 3.8) is 0 Å². The molecule has 1 atom stereocenters. The van der Waals surface area contributed by atoms with Crippen LogP contribution < -0.4 is 10.1 Å². The molecule has 0 unspecified atom stereocenters. The second-order valence-electron chi connectivity index (χ2n) is 7.47. The Morgan fingerprint density at radius 2 is 1.96 bits per heavy atom. The average molecular weight is 359 g/mol. The molecule has 3 rings (SSSR count). The predicted octanol–water partition coefficient (Wildman–Crippen LogP) is 2.19. The molecular weight excluding hydrogens is 330 g/mol. The molecule has 6 nitrogen and oxygen atoms in total. The lowest BCUT2D eigenvalue weighted by Crippen LogP contribution is -2.48. The van der Waals surface area contributed by atoms with E-state index in [9.17, 15) is 9.59 Å². The number of hydrogen-bond acceptors (Lipinski definition) is 3. The minimum absolute atomic E-state index is 0.0174. The number of amides is 3. The van der Waals surface area contributed by atoms with Crippen LogP contribution in [-0.2, 0) is 24.2 Å². The smallest absolute Gasteiger partial charge is 0.319 e. The van der Waals surface area contributed by atoms with Crippen molar-refractivity contribution < 1.29 is 14.3 Å². The first kappa shape index (κ1) is 18.5. The second kappa shape index (κ2) is 7.98. The summed E-state index contributed by atoms with van der Waals surface area (Å²) < 4.78 is 5.51. The molecule has 1 heterocycles. The molecule has 1 aromatic rings. The van der Waals surface area contributed by atoms with Crippen LogP contribution in [0, 0.1) is 5.92 Å². The summed E-state index contributed by atoms with van der Waals surface area (Å²) in [4.78, 5) is 28.1. The maximum atomic E-state index is 12.6. The Labute approximate surface area is 155 Å². The third-order valence-electron chi connectivity index (χ3n) is 5.39. The Hall–Kier alpha value is -2.24. The predicted molar refractivity (Wildman–Crippen MR) is 100 cm³/mol. The van der Waals surface area contributed by atoms with Crippen LogP contribution in [-0.4, -0.2) is 56.0 Å². The van der Waals surface area contributed by atoms with Crippen LogP contribution >= 0.6 is 0 Å². The van der Waals surface area contributed by atoms with E-state index in [1.54, 1.807) is 31.0 Å². The van der Waals surface area contributed by atoms with Crippen LogP contribution in [0.25, 0.3) is 0 Å². The van der Waals surface area contributed by atoms with E-state index in [1.165, 1.54) is 17.5 Å². The van der Waals surface area contributed by atoms with Gasteiger partial charge in [0.05, 0.1) is 13.0 Å². The molecule has 1 aliphatic heterocycles. The number of fused-ring (bicyclic) bond motifs is 1. The van der Waals surface area contributed by atoms with Gasteiger partial charge in [0.15, 0.2) is 0 Å². The Morgan fingerprint density at radius 3 is 2.65 bits per heavy atom. The first-order valence-electron chi connectivity index (χ1n) is 9.42. The minimum atomic E-state index is -0.145. The zero-order valence-electron chi connectivity index (χ0n) is 16.0. The van der Waals surface area contributed by atoms with E-state index in [4.69, 9.17) is 4.74 Å². The van der Waals surface area contributed by atoms with Crippen molar-refractivity contribution in [2.75, 3.05) is 34.3 Å². The summed E-state index contributed by atoms with van der Waals surface area (Å²) in [5.74, 6) is 0.718. The minimum Gasteiger partial charge on any atom is -0.496 e. The van der Waals surface area contributed by atoms with Crippen LogP contribution in [0.5, 0.6) is 5.75 Å². The average Bonchev–Trinajstić information content (AvgIpc) is 3.11. The molecule has 6 heteroatoms. The Balaban J connectivity index is 1.61. The van der Waals surface area contributed by atoms with Gasteiger partial charge in [-0.2, -0.15) is 0 Å². The third kappa shape index (κ3) is 3.94. The molecule has 1 saturated heterocycles. The third-order valence-corrected chi connectivity index (χ3v) is 5.39. The fourth-order valence-electron chi connectivity index (χ4n) is 3.96. The van der Waals surface area contributed by atoms with Gasteiger partial charge < -0.3 is 19.9 Å². The molecule has 1 aliphatic carbocycles. The number of nitrogens with one attached hydrogen (secondary N) is 1. The molecule has 0 spiro atoms. The number of rotatable bonds is 4. The molecule has 0 bridgehead atoms. The van der Waals surface area contributed by atoms with Gasteiger partial charge in [0.25, 0.3) is 0 Å². The van der Waals surface area contributed by atoms with E-state index in [0.717, 1.165) is 43.5 Å².